The minimum Gasteiger partial charge on any atom is -0.353 e. The van der Waals surface area contributed by atoms with Crippen molar-refractivity contribution in [2.45, 2.75) is 13.0 Å². The van der Waals surface area contributed by atoms with Crippen LogP contribution in [0.2, 0.25) is 0 Å². The van der Waals surface area contributed by atoms with Crippen LogP contribution in [-0.4, -0.2) is 42.1 Å². The van der Waals surface area contributed by atoms with Crippen molar-refractivity contribution in [1.82, 2.24) is 20.2 Å². The highest BCUT2D eigenvalue weighted by molar-refractivity contribution is 6.07. The first kappa shape index (κ1) is 14.0. The minimum absolute atomic E-state index is 0.803. The Hall–Kier alpha value is -1.91. The highest BCUT2D eigenvalue weighted by Gasteiger charge is 2.08. The van der Waals surface area contributed by atoms with Crippen LogP contribution in [0.15, 0.2) is 36.5 Å². The van der Waals surface area contributed by atoms with E-state index in [-0.39, 0.29) is 0 Å². The molecule has 2 aromatic heterocycles. The van der Waals surface area contributed by atoms with Crippen LogP contribution >= 0.6 is 0 Å². The number of pyridine rings is 1. The first-order valence-electron chi connectivity index (χ1n) is 7.45. The van der Waals surface area contributed by atoms with E-state index in [0.717, 1.165) is 37.3 Å². The number of nitrogens with one attached hydrogen (secondary N) is 2. The standard InChI is InChI=1S/C17H22N4/c1-21(2)11-5-9-18-12-16-17-14(8-10-19-16)13-6-3-4-7-15(13)20-17/h3-4,6-8,10,18,20H,5,9,11-12H2,1-2H3. The number of H-pyrrole nitrogens is 1. The average molecular weight is 282 g/mol. The lowest BCUT2D eigenvalue weighted by atomic mass is 10.1. The number of rotatable bonds is 6. The van der Waals surface area contributed by atoms with E-state index in [1.165, 1.54) is 16.3 Å². The van der Waals surface area contributed by atoms with Gasteiger partial charge in [-0.05, 0) is 45.7 Å². The zero-order valence-corrected chi connectivity index (χ0v) is 12.7. The van der Waals surface area contributed by atoms with Crippen molar-refractivity contribution in [2.75, 3.05) is 27.2 Å². The highest BCUT2D eigenvalue weighted by Crippen LogP contribution is 2.26. The van der Waals surface area contributed by atoms with E-state index in [2.05, 4.69) is 64.6 Å². The SMILES string of the molecule is CN(C)CCCNCc1nccc2c1[nH]c1ccccc12. The van der Waals surface area contributed by atoms with Gasteiger partial charge in [0.05, 0.1) is 11.2 Å². The zero-order valence-electron chi connectivity index (χ0n) is 12.7. The summed E-state index contributed by atoms with van der Waals surface area (Å²) >= 11 is 0. The topological polar surface area (TPSA) is 44.0 Å². The van der Waals surface area contributed by atoms with Crippen molar-refractivity contribution >= 4 is 21.8 Å². The lowest BCUT2D eigenvalue weighted by Gasteiger charge is -2.09. The first-order valence-corrected chi connectivity index (χ1v) is 7.45. The maximum absolute atomic E-state index is 4.53. The van der Waals surface area contributed by atoms with E-state index in [1.54, 1.807) is 0 Å². The van der Waals surface area contributed by atoms with Crippen molar-refractivity contribution in [3.8, 4) is 0 Å². The van der Waals surface area contributed by atoms with Crippen molar-refractivity contribution < 1.29 is 0 Å². The molecule has 1 aromatic carbocycles. The van der Waals surface area contributed by atoms with Crippen LogP contribution in [0.25, 0.3) is 21.8 Å². The van der Waals surface area contributed by atoms with Crippen LogP contribution in [0.3, 0.4) is 0 Å². The molecule has 3 rings (SSSR count). The lowest BCUT2D eigenvalue weighted by Crippen LogP contribution is -2.21. The van der Waals surface area contributed by atoms with Gasteiger partial charge in [0, 0.05) is 29.0 Å². The summed E-state index contributed by atoms with van der Waals surface area (Å²) in [5, 5.41) is 6.01. The van der Waals surface area contributed by atoms with Crippen molar-refractivity contribution in [3.05, 3.63) is 42.2 Å². The van der Waals surface area contributed by atoms with Gasteiger partial charge in [-0.3, -0.25) is 4.98 Å². The molecule has 0 amide bonds. The number of hydrogen-bond acceptors (Lipinski definition) is 3. The monoisotopic (exact) mass is 282 g/mol. The number of benzene rings is 1. The molecule has 0 fully saturated rings. The minimum atomic E-state index is 0.803. The van der Waals surface area contributed by atoms with Crippen molar-refractivity contribution in [3.63, 3.8) is 0 Å². The van der Waals surface area contributed by atoms with Gasteiger partial charge < -0.3 is 15.2 Å². The second kappa shape index (κ2) is 6.24. The summed E-state index contributed by atoms with van der Waals surface area (Å²) < 4.78 is 0. The van der Waals surface area contributed by atoms with E-state index in [0.29, 0.717) is 0 Å². The van der Waals surface area contributed by atoms with E-state index < -0.39 is 0 Å². The van der Waals surface area contributed by atoms with Crippen LogP contribution in [0.1, 0.15) is 12.1 Å². The Morgan fingerprint density at radius 3 is 2.86 bits per heavy atom. The van der Waals surface area contributed by atoms with Gasteiger partial charge in [-0.1, -0.05) is 18.2 Å². The van der Waals surface area contributed by atoms with Gasteiger partial charge >= 0.3 is 0 Å². The molecular formula is C17H22N4. The average Bonchev–Trinajstić information content (AvgIpc) is 2.86. The fourth-order valence-corrected chi connectivity index (χ4v) is 2.69. The Bertz CT molecular complexity index is 730. The Morgan fingerprint density at radius 2 is 2.00 bits per heavy atom. The molecule has 2 N–H and O–H groups in total. The van der Waals surface area contributed by atoms with Gasteiger partial charge in [0.2, 0.25) is 0 Å². The predicted molar refractivity (Wildman–Crippen MR) is 88.5 cm³/mol. The maximum atomic E-state index is 4.53. The first-order chi connectivity index (χ1) is 10.3. The summed E-state index contributed by atoms with van der Waals surface area (Å²) in [5.41, 5.74) is 3.42. The molecule has 0 aliphatic heterocycles. The van der Waals surface area contributed by atoms with Crippen LogP contribution in [0.4, 0.5) is 0 Å². The summed E-state index contributed by atoms with van der Waals surface area (Å²) in [7, 11) is 4.21. The Morgan fingerprint density at radius 1 is 1.14 bits per heavy atom. The molecule has 110 valence electrons. The molecule has 21 heavy (non-hydrogen) atoms. The summed E-state index contributed by atoms with van der Waals surface area (Å²) in [6, 6.07) is 10.5. The fraction of sp³-hybridized carbons (Fsp3) is 0.353. The molecule has 0 saturated carbocycles. The molecule has 0 unspecified atom stereocenters. The molecule has 0 bridgehead atoms. The van der Waals surface area contributed by atoms with Gasteiger partial charge in [0.15, 0.2) is 0 Å². The van der Waals surface area contributed by atoms with Crippen LogP contribution < -0.4 is 5.32 Å². The summed E-state index contributed by atoms with van der Waals surface area (Å²) in [6.07, 6.45) is 3.05. The highest BCUT2D eigenvalue weighted by atomic mass is 15.1. The Labute approximate surface area is 125 Å². The third-order valence-corrected chi connectivity index (χ3v) is 3.76. The Kier molecular flexibility index (Phi) is 4.18. The largest absolute Gasteiger partial charge is 0.353 e. The van der Waals surface area contributed by atoms with Crippen LogP contribution in [0, 0.1) is 0 Å². The van der Waals surface area contributed by atoms with Crippen LogP contribution in [0.5, 0.6) is 0 Å². The summed E-state index contributed by atoms with van der Waals surface area (Å²) in [5.74, 6) is 0. The number of nitrogens with zero attached hydrogens (tertiary/aromatic N) is 2. The lowest BCUT2D eigenvalue weighted by molar-refractivity contribution is 0.394. The molecule has 3 aromatic rings. The van der Waals surface area contributed by atoms with Gasteiger partial charge in [0.1, 0.15) is 0 Å². The fourth-order valence-electron chi connectivity index (χ4n) is 2.69. The maximum Gasteiger partial charge on any atom is 0.0782 e. The third-order valence-electron chi connectivity index (χ3n) is 3.76. The predicted octanol–water partition coefficient (Wildman–Crippen LogP) is 2.76. The van der Waals surface area contributed by atoms with E-state index in [1.807, 2.05) is 6.20 Å². The molecule has 0 aliphatic carbocycles. The molecular weight excluding hydrogens is 260 g/mol. The van der Waals surface area contributed by atoms with E-state index >= 15 is 0 Å². The summed E-state index contributed by atoms with van der Waals surface area (Å²) in [6.45, 7) is 2.92. The smallest absolute Gasteiger partial charge is 0.0782 e. The number of aromatic amines is 1. The third kappa shape index (κ3) is 3.06. The van der Waals surface area contributed by atoms with Gasteiger partial charge in [-0.15, -0.1) is 0 Å². The molecule has 0 saturated heterocycles. The normalized spacial score (nSPS) is 11.8. The molecule has 2 heterocycles. The second-order valence-electron chi connectivity index (χ2n) is 5.68. The van der Waals surface area contributed by atoms with Crippen LogP contribution in [-0.2, 0) is 6.54 Å². The molecule has 0 spiro atoms. The van der Waals surface area contributed by atoms with Gasteiger partial charge in [-0.2, -0.15) is 0 Å². The summed E-state index contributed by atoms with van der Waals surface area (Å²) in [4.78, 5) is 10.2. The quantitative estimate of drug-likeness (QED) is 0.683. The zero-order chi connectivity index (χ0) is 14.7. The number of fused-ring (bicyclic) bond motifs is 3. The molecule has 0 aliphatic rings. The molecule has 0 radical (unpaired) electrons. The van der Waals surface area contributed by atoms with E-state index in [4.69, 9.17) is 0 Å². The Balaban J connectivity index is 1.76. The number of para-hydroxylation sites is 1. The van der Waals surface area contributed by atoms with Crippen molar-refractivity contribution in [1.29, 1.82) is 0 Å². The van der Waals surface area contributed by atoms with E-state index in [9.17, 15) is 0 Å². The number of aromatic nitrogens is 2. The van der Waals surface area contributed by atoms with Crippen molar-refractivity contribution in [2.24, 2.45) is 0 Å². The molecule has 4 heteroatoms. The second-order valence-corrected chi connectivity index (χ2v) is 5.68. The van der Waals surface area contributed by atoms with Gasteiger partial charge in [-0.25, -0.2) is 0 Å². The molecule has 0 atom stereocenters. The molecule has 4 nitrogen and oxygen atoms in total. The van der Waals surface area contributed by atoms with Gasteiger partial charge in [0.25, 0.3) is 0 Å². The number of hydrogen-bond donors (Lipinski definition) is 2.